The number of sulfonamides is 1. The van der Waals surface area contributed by atoms with Gasteiger partial charge in [-0.3, -0.25) is 14.7 Å². The minimum atomic E-state index is -3.19. The smallest absolute Gasteiger partial charge is 0.271 e. The molecule has 4 heterocycles. The second kappa shape index (κ2) is 7.44. The first-order valence-electron chi connectivity index (χ1n) is 9.68. The summed E-state index contributed by atoms with van der Waals surface area (Å²) in [5.74, 6) is 0.412. The van der Waals surface area contributed by atoms with Gasteiger partial charge in [-0.1, -0.05) is 6.42 Å². The standard InChI is InChI=1S/C18H27N5O3S/c1-27(25,26)22-11-13-8-14(12-22)17(23-7-3-2-4-16(13)23)10-21-18(24)15-9-19-5-6-20-15/h5-6,9,13-14,16-17H,2-4,7-8,10-12H2,1H3,(H,21,24)/t13-,14+,16+,17+/m1/s1. The number of piperidine rings is 3. The molecule has 1 aromatic rings. The number of carbonyl (C=O) groups is 1. The minimum Gasteiger partial charge on any atom is -0.349 e. The van der Waals surface area contributed by atoms with Gasteiger partial charge < -0.3 is 5.32 Å². The van der Waals surface area contributed by atoms with Crippen molar-refractivity contribution in [2.75, 3.05) is 32.4 Å². The summed E-state index contributed by atoms with van der Waals surface area (Å²) in [6.07, 6.45) is 10.3. The van der Waals surface area contributed by atoms with E-state index in [-0.39, 0.29) is 17.9 Å². The molecule has 0 unspecified atom stereocenters. The van der Waals surface area contributed by atoms with E-state index in [1.807, 2.05) is 0 Å². The Morgan fingerprint density at radius 2 is 2.07 bits per heavy atom. The molecule has 0 spiro atoms. The summed E-state index contributed by atoms with van der Waals surface area (Å²) in [6.45, 7) is 2.72. The number of carbonyl (C=O) groups excluding carboxylic acids is 1. The van der Waals surface area contributed by atoms with E-state index in [1.54, 1.807) is 4.31 Å². The Morgan fingerprint density at radius 1 is 1.26 bits per heavy atom. The van der Waals surface area contributed by atoms with Gasteiger partial charge in [-0.2, -0.15) is 0 Å². The molecule has 3 aliphatic heterocycles. The molecule has 4 atom stereocenters. The summed E-state index contributed by atoms with van der Waals surface area (Å²) in [5, 5.41) is 3.01. The molecule has 3 aliphatic rings. The number of hydrogen-bond donors (Lipinski definition) is 1. The lowest BCUT2D eigenvalue weighted by Crippen LogP contribution is -2.66. The maximum Gasteiger partial charge on any atom is 0.271 e. The van der Waals surface area contributed by atoms with Gasteiger partial charge in [-0.15, -0.1) is 0 Å². The maximum atomic E-state index is 12.4. The van der Waals surface area contributed by atoms with Crippen molar-refractivity contribution in [2.24, 2.45) is 11.8 Å². The molecule has 1 amide bonds. The van der Waals surface area contributed by atoms with Gasteiger partial charge in [0.15, 0.2) is 0 Å². The van der Waals surface area contributed by atoms with E-state index in [9.17, 15) is 13.2 Å². The van der Waals surface area contributed by atoms with Crippen LogP contribution >= 0.6 is 0 Å². The summed E-state index contributed by atoms with van der Waals surface area (Å²) in [4.78, 5) is 22.9. The first kappa shape index (κ1) is 18.8. The highest BCUT2D eigenvalue weighted by Crippen LogP contribution is 2.41. The van der Waals surface area contributed by atoms with Crippen molar-refractivity contribution in [1.29, 1.82) is 0 Å². The van der Waals surface area contributed by atoms with Crippen LogP contribution in [0.1, 0.15) is 36.2 Å². The van der Waals surface area contributed by atoms with Crippen LogP contribution in [0.25, 0.3) is 0 Å². The highest BCUT2D eigenvalue weighted by molar-refractivity contribution is 7.88. The Labute approximate surface area is 160 Å². The van der Waals surface area contributed by atoms with Crippen LogP contribution in [0.4, 0.5) is 0 Å². The topological polar surface area (TPSA) is 95.5 Å². The molecule has 148 valence electrons. The summed E-state index contributed by atoms with van der Waals surface area (Å²) in [5.41, 5.74) is 0.308. The second-order valence-corrected chi connectivity index (χ2v) is 9.99. The highest BCUT2D eigenvalue weighted by Gasteiger charge is 2.48. The first-order valence-corrected chi connectivity index (χ1v) is 11.5. The fraction of sp³-hybridized carbons (Fsp3) is 0.722. The average molecular weight is 394 g/mol. The van der Waals surface area contributed by atoms with Crippen LogP contribution in [0.15, 0.2) is 18.6 Å². The third-order valence-electron chi connectivity index (χ3n) is 6.32. The van der Waals surface area contributed by atoms with Crippen molar-refractivity contribution in [3.8, 4) is 0 Å². The average Bonchev–Trinajstić information content (AvgIpc) is 2.67. The lowest BCUT2D eigenvalue weighted by atomic mass is 9.73. The van der Waals surface area contributed by atoms with E-state index in [4.69, 9.17) is 0 Å². The Bertz CT molecular complexity index is 787. The van der Waals surface area contributed by atoms with Crippen molar-refractivity contribution >= 4 is 15.9 Å². The molecular formula is C18H27N5O3S. The van der Waals surface area contributed by atoms with Crippen LogP contribution in [0.5, 0.6) is 0 Å². The Morgan fingerprint density at radius 3 is 2.81 bits per heavy atom. The fourth-order valence-electron chi connectivity index (χ4n) is 5.12. The summed E-state index contributed by atoms with van der Waals surface area (Å²) >= 11 is 0. The number of amides is 1. The molecule has 0 aromatic carbocycles. The van der Waals surface area contributed by atoms with E-state index < -0.39 is 10.0 Å². The molecular weight excluding hydrogens is 366 g/mol. The molecule has 0 radical (unpaired) electrons. The van der Waals surface area contributed by atoms with E-state index in [0.717, 1.165) is 19.4 Å². The Hall–Kier alpha value is -1.58. The molecule has 0 aliphatic carbocycles. The summed E-state index contributed by atoms with van der Waals surface area (Å²) < 4.78 is 26.0. The predicted octanol–water partition coefficient (Wildman–Crippen LogP) is 0.341. The van der Waals surface area contributed by atoms with E-state index >= 15 is 0 Å². The lowest BCUT2D eigenvalue weighted by molar-refractivity contribution is -0.0537. The van der Waals surface area contributed by atoms with Gasteiger partial charge in [0, 0.05) is 44.1 Å². The molecule has 1 aromatic heterocycles. The zero-order chi connectivity index (χ0) is 19.0. The molecule has 0 saturated carbocycles. The molecule has 9 heteroatoms. The highest BCUT2D eigenvalue weighted by atomic mass is 32.2. The van der Waals surface area contributed by atoms with Crippen molar-refractivity contribution in [1.82, 2.24) is 24.5 Å². The van der Waals surface area contributed by atoms with Gasteiger partial charge in [0.1, 0.15) is 5.69 Å². The minimum absolute atomic E-state index is 0.164. The molecule has 1 N–H and O–H groups in total. The van der Waals surface area contributed by atoms with Crippen LogP contribution < -0.4 is 5.32 Å². The van der Waals surface area contributed by atoms with Gasteiger partial charge in [-0.25, -0.2) is 17.7 Å². The molecule has 3 saturated heterocycles. The Balaban J connectivity index is 1.51. The van der Waals surface area contributed by atoms with Crippen LogP contribution in [-0.2, 0) is 10.0 Å². The number of hydrogen-bond acceptors (Lipinski definition) is 6. The SMILES string of the molecule is CS(=O)(=O)N1C[C@H]2C[C@@H](C1)[C@H](CNC(=O)c1cnccn1)N1CCCC[C@@H]21. The zero-order valence-corrected chi connectivity index (χ0v) is 16.4. The van der Waals surface area contributed by atoms with Crippen LogP contribution in [-0.4, -0.2) is 78.0 Å². The summed E-state index contributed by atoms with van der Waals surface area (Å²) in [6, 6.07) is 0.578. The molecule has 8 nitrogen and oxygen atoms in total. The number of nitrogens with zero attached hydrogens (tertiary/aromatic N) is 4. The van der Waals surface area contributed by atoms with Crippen molar-refractivity contribution in [3.05, 3.63) is 24.3 Å². The van der Waals surface area contributed by atoms with Crippen LogP contribution in [0.3, 0.4) is 0 Å². The number of nitrogens with one attached hydrogen (secondary N) is 1. The van der Waals surface area contributed by atoms with Crippen LogP contribution in [0, 0.1) is 11.8 Å². The summed E-state index contributed by atoms with van der Waals surface area (Å²) in [7, 11) is -3.19. The normalized spacial score (nSPS) is 31.9. The molecule has 27 heavy (non-hydrogen) atoms. The van der Waals surface area contributed by atoms with Crippen molar-refractivity contribution in [2.45, 2.75) is 37.8 Å². The maximum absolute atomic E-state index is 12.4. The van der Waals surface area contributed by atoms with Crippen molar-refractivity contribution in [3.63, 3.8) is 0 Å². The second-order valence-electron chi connectivity index (χ2n) is 8.00. The molecule has 3 fully saturated rings. The molecule has 2 bridgehead atoms. The third-order valence-corrected chi connectivity index (χ3v) is 7.56. The Kier molecular flexibility index (Phi) is 5.17. The largest absolute Gasteiger partial charge is 0.349 e. The van der Waals surface area contributed by atoms with Crippen LogP contribution in [0.2, 0.25) is 0 Å². The third kappa shape index (κ3) is 3.86. The predicted molar refractivity (Wildman–Crippen MR) is 101 cm³/mol. The number of rotatable bonds is 4. The number of aromatic nitrogens is 2. The van der Waals surface area contributed by atoms with Gasteiger partial charge in [0.2, 0.25) is 10.0 Å². The van der Waals surface area contributed by atoms with Gasteiger partial charge in [-0.05, 0) is 37.6 Å². The van der Waals surface area contributed by atoms with Gasteiger partial charge in [0.05, 0.1) is 12.5 Å². The van der Waals surface area contributed by atoms with Gasteiger partial charge >= 0.3 is 0 Å². The van der Waals surface area contributed by atoms with E-state index in [0.29, 0.717) is 37.3 Å². The lowest BCUT2D eigenvalue weighted by Gasteiger charge is -2.56. The van der Waals surface area contributed by atoms with E-state index in [2.05, 4.69) is 20.2 Å². The molecule has 4 rings (SSSR count). The quantitative estimate of drug-likeness (QED) is 0.793. The zero-order valence-electron chi connectivity index (χ0n) is 15.6. The fourth-order valence-corrected chi connectivity index (χ4v) is 6.05. The van der Waals surface area contributed by atoms with Gasteiger partial charge in [0.25, 0.3) is 5.91 Å². The number of fused-ring (bicyclic) bond motifs is 4. The van der Waals surface area contributed by atoms with Crippen molar-refractivity contribution < 1.29 is 13.2 Å². The van der Waals surface area contributed by atoms with E-state index in [1.165, 1.54) is 37.7 Å². The monoisotopic (exact) mass is 393 g/mol. The first-order chi connectivity index (χ1) is 12.9.